The molecule has 0 spiro atoms. The number of hydrogen-bond acceptors (Lipinski definition) is 4. The van der Waals surface area contributed by atoms with Gasteiger partial charge in [0.1, 0.15) is 23.5 Å². The lowest BCUT2D eigenvalue weighted by molar-refractivity contribution is 0.475. The summed E-state index contributed by atoms with van der Waals surface area (Å²) in [5.41, 5.74) is 3.82. The van der Waals surface area contributed by atoms with E-state index in [9.17, 15) is 5.11 Å². The van der Waals surface area contributed by atoms with E-state index in [0.717, 1.165) is 34.7 Å². The zero-order chi connectivity index (χ0) is 17.2. The van der Waals surface area contributed by atoms with Crippen LogP contribution in [-0.2, 0) is 6.54 Å². The van der Waals surface area contributed by atoms with E-state index in [4.69, 9.17) is 0 Å². The van der Waals surface area contributed by atoms with E-state index in [1.807, 2.05) is 43.4 Å². The summed E-state index contributed by atoms with van der Waals surface area (Å²) >= 11 is 0. The van der Waals surface area contributed by atoms with Crippen molar-refractivity contribution in [3.63, 3.8) is 0 Å². The van der Waals surface area contributed by atoms with Gasteiger partial charge in [-0.3, -0.25) is 0 Å². The maximum atomic E-state index is 9.71. The summed E-state index contributed by atoms with van der Waals surface area (Å²) in [6.45, 7) is 0.763. The monoisotopic (exact) mass is 330 g/mol. The summed E-state index contributed by atoms with van der Waals surface area (Å²) < 4.78 is 0. The SMILES string of the molecule is CN(Cc1ccccc1)c1ncnc2[nH]c(-c3cccc(O)c3)cc12. The first-order valence-electron chi connectivity index (χ1n) is 8.09. The van der Waals surface area contributed by atoms with Crippen LogP contribution in [0.4, 0.5) is 5.82 Å². The molecule has 0 radical (unpaired) electrons. The van der Waals surface area contributed by atoms with E-state index >= 15 is 0 Å². The van der Waals surface area contributed by atoms with Gasteiger partial charge in [0.05, 0.1) is 5.39 Å². The lowest BCUT2D eigenvalue weighted by Crippen LogP contribution is -2.17. The molecule has 0 fully saturated rings. The fourth-order valence-corrected chi connectivity index (χ4v) is 2.99. The van der Waals surface area contributed by atoms with Gasteiger partial charge in [-0.1, -0.05) is 42.5 Å². The van der Waals surface area contributed by atoms with Gasteiger partial charge in [-0.15, -0.1) is 0 Å². The molecule has 2 N–H and O–H groups in total. The number of rotatable bonds is 4. The number of phenolic OH excluding ortho intramolecular Hbond substituents is 1. The molecule has 124 valence electrons. The Morgan fingerprint density at radius 1 is 1.00 bits per heavy atom. The Morgan fingerprint density at radius 2 is 1.84 bits per heavy atom. The summed E-state index contributed by atoms with van der Waals surface area (Å²) in [5.74, 6) is 1.11. The van der Waals surface area contributed by atoms with Crippen LogP contribution >= 0.6 is 0 Å². The van der Waals surface area contributed by atoms with Crippen molar-refractivity contribution in [1.29, 1.82) is 0 Å². The normalized spacial score (nSPS) is 10.9. The summed E-state index contributed by atoms with van der Waals surface area (Å²) in [4.78, 5) is 14.2. The predicted molar refractivity (Wildman–Crippen MR) is 99.5 cm³/mol. The van der Waals surface area contributed by atoms with Crippen LogP contribution in [0.3, 0.4) is 0 Å². The Labute approximate surface area is 145 Å². The average molecular weight is 330 g/mol. The second-order valence-electron chi connectivity index (χ2n) is 6.03. The van der Waals surface area contributed by atoms with Gasteiger partial charge >= 0.3 is 0 Å². The fraction of sp³-hybridized carbons (Fsp3) is 0.100. The van der Waals surface area contributed by atoms with Crippen LogP contribution in [0.15, 0.2) is 67.0 Å². The molecule has 0 saturated heterocycles. The molecule has 5 nitrogen and oxygen atoms in total. The minimum atomic E-state index is 0.239. The first kappa shape index (κ1) is 15.2. The van der Waals surface area contributed by atoms with Crippen LogP contribution in [-0.4, -0.2) is 27.1 Å². The molecule has 2 aromatic heterocycles. The van der Waals surface area contributed by atoms with Gasteiger partial charge in [0.25, 0.3) is 0 Å². The van der Waals surface area contributed by atoms with Crippen molar-refractivity contribution in [2.45, 2.75) is 6.54 Å². The second kappa shape index (κ2) is 6.28. The highest BCUT2D eigenvalue weighted by atomic mass is 16.3. The van der Waals surface area contributed by atoms with Crippen molar-refractivity contribution in [2.75, 3.05) is 11.9 Å². The molecule has 4 rings (SSSR count). The molecular weight excluding hydrogens is 312 g/mol. The number of fused-ring (bicyclic) bond motifs is 1. The standard InChI is InChI=1S/C20H18N4O/c1-24(12-14-6-3-2-4-7-14)20-17-11-18(23-19(17)21-13-22-20)15-8-5-9-16(25)10-15/h2-11,13,25H,12H2,1H3,(H,21,22,23). The average Bonchev–Trinajstić information content (AvgIpc) is 3.07. The lowest BCUT2D eigenvalue weighted by atomic mass is 10.1. The Bertz CT molecular complexity index is 1010. The molecule has 0 unspecified atom stereocenters. The van der Waals surface area contributed by atoms with Crippen LogP contribution in [0.5, 0.6) is 5.75 Å². The lowest BCUT2D eigenvalue weighted by Gasteiger charge is -2.18. The van der Waals surface area contributed by atoms with Crippen molar-refractivity contribution >= 4 is 16.9 Å². The molecule has 0 bridgehead atoms. The Hall–Kier alpha value is -3.34. The van der Waals surface area contributed by atoms with E-state index in [1.54, 1.807) is 18.5 Å². The quantitative estimate of drug-likeness (QED) is 0.594. The predicted octanol–water partition coefficient (Wildman–Crippen LogP) is 3.97. The molecule has 0 atom stereocenters. The van der Waals surface area contributed by atoms with Crippen LogP contribution in [0.2, 0.25) is 0 Å². The van der Waals surface area contributed by atoms with Gasteiger partial charge < -0.3 is 15.0 Å². The van der Waals surface area contributed by atoms with Gasteiger partial charge in [-0.25, -0.2) is 9.97 Å². The van der Waals surface area contributed by atoms with Gasteiger partial charge in [0.15, 0.2) is 0 Å². The molecule has 4 aromatic rings. The summed E-state index contributed by atoms with van der Waals surface area (Å²) in [6, 6.07) is 19.5. The smallest absolute Gasteiger partial charge is 0.143 e. The highest BCUT2D eigenvalue weighted by Crippen LogP contribution is 2.30. The maximum absolute atomic E-state index is 9.71. The highest BCUT2D eigenvalue weighted by molar-refractivity contribution is 5.91. The molecule has 25 heavy (non-hydrogen) atoms. The van der Waals surface area contributed by atoms with Crippen LogP contribution in [0.25, 0.3) is 22.3 Å². The van der Waals surface area contributed by atoms with Crippen molar-refractivity contribution < 1.29 is 5.11 Å². The van der Waals surface area contributed by atoms with Crippen molar-refractivity contribution in [3.8, 4) is 17.0 Å². The number of H-pyrrole nitrogens is 1. The van der Waals surface area contributed by atoms with Crippen LogP contribution < -0.4 is 4.90 Å². The zero-order valence-corrected chi connectivity index (χ0v) is 13.8. The Balaban J connectivity index is 1.72. The topological polar surface area (TPSA) is 65.0 Å². The van der Waals surface area contributed by atoms with E-state index < -0.39 is 0 Å². The molecule has 2 heterocycles. The third-order valence-electron chi connectivity index (χ3n) is 4.19. The highest BCUT2D eigenvalue weighted by Gasteiger charge is 2.13. The first-order chi connectivity index (χ1) is 12.2. The number of aromatic amines is 1. The first-order valence-corrected chi connectivity index (χ1v) is 8.09. The number of hydrogen-bond donors (Lipinski definition) is 2. The minimum absolute atomic E-state index is 0.239. The van der Waals surface area contributed by atoms with Crippen molar-refractivity contribution in [1.82, 2.24) is 15.0 Å². The third kappa shape index (κ3) is 3.04. The molecule has 0 amide bonds. The second-order valence-corrected chi connectivity index (χ2v) is 6.03. The number of nitrogens with one attached hydrogen (secondary N) is 1. The zero-order valence-electron chi connectivity index (χ0n) is 13.8. The molecule has 2 aromatic carbocycles. The number of benzene rings is 2. The largest absolute Gasteiger partial charge is 0.508 e. The molecular formula is C20H18N4O. The van der Waals surface area contributed by atoms with E-state index in [2.05, 4.69) is 32.0 Å². The molecule has 0 saturated carbocycles. The van der Waals surface area contributed by atoms with E-state index in [0.29, 0.717) is 0 Å². The number of nitrogens with zero attached hydrogens (tertiary/aromatic N) is 3. The maximum Gasteiger partial charge on any atom is 0.143 e. The number of anilines is 1. The van der Waals surface area contributed by atoms with Crippen molar-refractivity contribution in [3.05, 3.63) is 72.6 Å². The van der Waals surface area contributed by atoms with E-state index in [1.165, 1.54) is 5.56 Å². The number of phenols is 1. The summed E-state index contributed by atoms with van der Waals surface area (Å²) in [7, 11) is 2.02. The molecule has 0 aliphatic carbocycles. The molecule has 0 aliphatic rings. The Morgan fingerprint density at radius 3 is 2.64 bits per heavy atom. The summed E-state index contributed by atoms with van der Waals surface area (Å²) in [6.07, 6.45) is 1.57. The van der Waals surface area contributed by atoms with Crippen molar-refractivity contribution in [2.24, 2.45) is 0 Å². The minimum Gasteiger partial charge on any atom is -0.508 e. The third-order valence-corrected chi connectivity index (χ3v) is 4.19. The van der Waals surface area contributed by atoms with Crippen LogP contribution in [0.1, 0.15) is 5.56 Å². The summed E-state index contributed by atoms with van der Waals surface area (Å²) in [5, 5.41) is 10.7. The molecule has 5 heteroatoms. The fourth-order valence-electron chi connectivity index (χ4n) is 2.99. The van der Waals surface area contributed by atoms with Gasteiger partial charge in [-0.05, 0) is 23.8 Å². The molecule has 0 aliphatic heterocycles. The number of aromatic hydroxyl groups is 1. The van der Waals surface area contributed by atoms with E-state index in [-0.39, 0.29) is 5.75 Å². The van der Waals surface area contributed by atoms with Gasteiger partial charge in [0.2, 0.25) is 0 Å². The van der Waals surface area contributed by atoms with Gasteiger partial charge in [-0.2, -0.15) is 0 Å². The Kier molecular flexibility index (Phi) is 3.82. The number of aromatic nitrogens is 3. The van der Waals surface area contributed by atoms with Crippen LogP contribution in [0, 0.1) is 0 Å². The van der Waals surface area contributed by atoms with Gasteiger partial charge in [0, 0.05) is 24.8 Å².